The number of aromatic nitrogens is 1. The molecule has 0 unspecified atom stereocenters. The van der Waals surface area contributed by atoms with Gasteiger partial charge in [0.1, 0.15) is 11.4 Å². The third-order valence-corrected chi connectivity index (χ3v) is 7.77. The van der Waals surface area contributed by atoms with Gasteiger partial charge in [-0.15, -0.1) is 21.6 Å². The maximum absolute atomic E-state index is 6.50. The minimum Gasteiger partial charge on any atom is -0.396 e. The summed E-state index contributed by atoms with van der Waals surface area (Å²) < 4.78 is 2.53. The molecule has 37 heavy (non-hydrogen) atoms. The summed E-state index contributed by atoms with van der Waals surface area (Å²) in [5.74, 6) is 0. The van der Waals surface area contributed by atoms with Crippen molar-refractivity contribution in [2.24, 2.45) is 10.2 Å². The molecule has 0 fully saturated rings. The van der Waals surface area contributed by atoms with Crippen molar-refractivity contribution in [3.8, 4) is 11.3 Å². The number of fused-ring (bicyclic) bond motifs is 4. The summed E-state index contributed by atoms with van der Waals surface area (Å²) in [7, 11) is 0. The molecule has 0 atom stereocenters. The molecule has 0 bridgehead atoms. The van der Waals surface area contributed by atoms with Gasteiger partial charge in [-0.3, -0.25) is 4.98 Å². The molecule has 0 saturated carbocycles. The topological polar surface area (TPSA) is 75.7 Å². The second-order valence-electron chi connectivity index (χ2n) is 9.43. The number of nitrogens with one attached hydrogen (secondary N) is 1. The standard InChI is InChI=1S/C31H27N5S/c1-19(2)33-17-20-16-28(30(32)24-10-4-3-8-22(20)24)36-35-21-14-15-27(34-18-21)26-12-7-11-25-23-9-5-6-13-29(23)37-31(25)26/h3-16,18-19,33H,17,32H2,1-2H3. The van der Waals surface area contributed by atoms with Gasteiger partial charge in [-0.2, -0.15) is 0 Å². The van der Waals surface area contributed by atoms with Gasteiger partial charge in [0.15, 0.2) is 0 Å². The van der Waals surface area contributed by atoms with Crippen LogP contribution in [0, 0.1) is 0 Å². The van der Waals surface area contributed by atoms with E-state index in [4.69, 9.17) is 10.7 Å². The monoisotopic (exact) mass is 501 g/mol. The van der Waals surface area contributed by atoms with Gasteiger partial charge in [0, 0.05) is 43.7 Å². The number of hydrogen-bond acceptors (Lipinski definition) is 6. The molecule has 2 aromatic heterocycles. The lowest BCUT2D eigenvalue weighted by molar-refractivity contribution is 0.591. The molecule has 0 aliphatic carbocycles. The minimum absolute atomic E-state index is 0.379. The average Bonchev–Trinajstić information content (AvgIpc) is 3.31. The molecule has 3 N–H and O–H groups in total. The Morgan fingerprint density at radius 1 is 0.838 bits per heavy atom. The van der Waals surface area contributed by atoms with Crippen molar-refractivity contribution in [3.63, 3.8) is 0 Å². The van der Waals surface area contributed by atoms with Gasteiger partial charge in [0.25, 0.3) is 0 Å². The fraction of sp³-hybridized carbons (Fsp3) is 0.129. The SMILES string of the molecule is CC(C)NCc1cc(N=Nc2ccc(-c3cccc4c3sc3ccccc34)nc2)c(N)c2ccccc12. The fourth-order valence-corrected chi connectivity index (χ4v) is 5.89. The van der Waals surface area contributed by atoms with E-state index in [1.165, 1.54) is 20.2 Å². The van der Waals surface area contributed by atoms with E-state index in [1.54, 1.807) is 17.5 Å². The van der Waals surface area contributed by atoms with Gasteiger partial charge in [0.2, 0.25) is 0 Å². The van der Waals surface area contributed by atoms with Crippen LogP contribution in [-0.2, 0) is 6.54 Å². The van der Waals surface area contributed by atoms with E-state index in [9.17, 15) is 0 Å². The van der Waals surface area contributed by atoms with Crippen molar-refractivity contribution in [2.45, 2.75) is 26.4 Å². The molecule has 6 aromatic rings. The maximum Gasteiger partial charge on any atom is 0.110 e. The number of nitrogen functional groups attached to an aromatic ring is 1. The number of nitrogens with zero attached hydrogens (tertiary/aromatic N) is 3. The predicted molar refractivity (Wildman–Crippen MR) is 157 cm³/mol. The van der Waals surface area contributed by atoms with E-state index in [0.717, 1.165) is 34.1 Å². The first-order chi connectivity index (χ1) is 18.1. The van der Waals surface area contributed by atoms with E-state index < -0.39 is 0 Å². The lowest BCUT2D eigenvalue weighted by Gasteiger charge is -2.13. The highest BCUT2D eigenvalue weighted by Crippen LogP contribution is 2.39. The van der Waals surface area contributed by atoms with Crippen LogP contribution >= 0.6 is 11.3 Å². The summed E-state index contributed by atoms with van der Waals surface area (Å²) in [5.41, 5.74) is 11.7. The van der Waals surface area contributed by atoms with Gasteiger partial charge in [-0.1, -0.05) is 74.5 Å². The van der Waals surface area contributed by atoms with Gasteiger partial charge in [-0.05, 0) is 35.2 Å². The molecule has 6 heteroatoms. The van der Waals surface area contributed by atoms with Gasteiger partial charge in [-0.25, -0.2) is 0 Å². The predicted octanol–water partition coefficient (Wildman–Crippen LogP) is 8.77. The number of rotatable bonds is 6. The molecule has 0 aliphatic rings. The van der Waals surface area contributed by atoms with E-state index in [1.807, 2.05) is 36.4 Å². The molecule has 0 aliphatic heterocycles. The van der Waals surface area contributed by atoms with E-state index in [0.29, 0.717) is 23.1 Å². The van der Waals surface area contributed by atoms with Crippen LogP contribution in [0.15, 0.2) is 101 Å². The van der Waals surface area contributed by atoms with Crippen molar-refractivity contribution >= 4 is 59.3 Å². The highest BCUT2D eigenvalue weighted by molar-refractivity contribution is 7.26. The molecule has 0 spiro atoms. The Kier molecular flexibility index (Phi) is 6.12. The second-order valence-corrected chi connectivity index (χ2v) is 10.5. The average molecular weight is 502 g/mol. The van der Waals surface area contributed by atoms with Crippen LogP contribution in [0.25, 0.3) is 42.2 Å². The highest BCUT2D eigenvalue weighted by Gasteiger charge is 2.12. The van der Waals surface area contributed by atoms with E-state index >= 15 is 0 Å². The summed E-state index contributed by atoms with van der Waals surface area (Å²) in [6, 6.07) is 29.5. The molecule has 0 radical (unpaired) electrons. The minimum atomic E-state index is 0.379. The van der Waals surface area contributed by atoms with Crippen LogP contribution in [-0.4, -0.2) is 11.0 Å². The van der Waals surface area contributed by atoms with Crippen LogP contribution < -0.4 is 11.1 Å². The van der Waals surface area contributed by atoms with Crippen LogP contribution in [0.4, 0.5) is 17.1 Å². The molecule has 182 valence electrons. The quantitative estimate of drug-likeness (QED) is 0.177. The molecular weight excluding hydrogens is 474 g/mol. The summed E-state index contributed by atoms with van der Waals surface area (Å²) in [6.07, 6.45) is 1.77. The lowest BCUT2D eigenvalue weighted by atomic mass is 10.0. The lowest BCUT2D eigenvalue weighted by Crippen LogP contribution is -2.22. The fourth-order valence-electron chi connectivity index (χ4n) is 4.66. The zero-order chi connectivity index (χ0) is 25.4. The van der Waals surface area contributed by atoms with Crippen molar-refractivity contribution in [1.82, 2.24) is 10.3 Å². The largest absolute Gasteiger partial charge is 0.396 e. The molecule has 2 heterocycles. The van der Waals surface area contributed by atoms with Crippen LogP contribution in [0.3, 0.4) is 0 Å². The number of pyridine rings is 1. The van der Waals surface area contributed by atoms with Crippen LogP contribution in [0.1, 0.15) is 19.4 Å². The summed E-state index contributed by atoms with van der Waals surface area (Å²) in [4.78, 5) is 4.73. The summed E-state index contributed by atoms with van der Waals surface area (Å²) in [5, 5.41) is 17.2. The molecular formula is C31H27N5S. The first kappa shape index (κ1) is 23.3. The number of benzene rings is 4. The van der Waals surface area contributed by atoms with Crippen molar-refractivity contribution < 1.29 is 0 Å². The Morgan fingerprint density at radius 2 is 1.59 bits per heavy atom. The van der Waals surface area contributed by atoms with Crippen LogP contribution in [0.5, 0.6) is 0 Å². The summed E-state index contributed by atoms with van der Waals surface area (Å²) >= 11 is 1.80. The molecule has 6 rings (SSSR count). The zero-order valence-corrected chi connectivity index (χ0v) is 21.6. The first-order valence-corrected chi connectivity index (χ1v) is 13.2. The molecule has 0 amide bonds. The number of hydrogen-bond donors (Lipinski definition) is 2. The molecule has 0 saturated heterocycles. The smallest absolute Gasteiger partial charge is 0.110 e. The van der Waals surface area contributed by atoms with E-state index in [2.05, 4.69) is 77.9 Å². The van der Waals surface area contributed by atoms with Gasteiger partial charge in [0.05, 0.1) is 17.6 Å². The van der Waals surface area contributed by atoms with Crippen molar-refractivity contribution in [3.05, 3.63) is 96.7 Å². The number of nitrogens with two attached hydrogens (primary N) is 1. The van der Waals surface area contributed by atoms with Crippen molar-refractivity contribution in [2.75, 3.05) is 5.73 Å². The third kappa shape index (κ3) is 4.46. The Balaban J connectivity index is 1.33. The van der Waals surface area contributed by atoms with Gasteiger partial charge >= 0.3 is 0 Å². The van der Waals surface area contributed by atoms with Crippen LogP contribution in [0.2, 0.25) is 0 Å². The second kappa shape index (κ2) is 9.73. The normalized spacial score (nSPS) is 12.0. The van der Waals surface area contributed by atoms with Gasteiger partial charge < -0.3 is 11.1 Å². The first-order valence-electron chi connectivity index (χ1n) is 12.4. The summed E-state index contributed by atoms with van der Waals surface area (Å²) in [6.45, 7) is 5.01. The Hall–Kier alpha value is -4.13. The zero-order valence-electron chi connectivity index (χ0n) is 20.8. The molecule has 5 nitrogen and oxygen atoms in total. The number of azo groups is 1. The Labute approximate surface area is 219 Å². The van der Waals surface area contributed by atoms with E-state index in [-0.39, 0.29) is 0 Å². The highest BCUT2D eigenvalue weighted by atomic mass is 32.1. The Bertz CT molecular complexity index is 1770. The Morgan fingerprint density at radius 3 is 2.38 bits per heavy atom. The third-order valence-electron chi connectivity index (χ3n) is 6.55. The molecule has 4 aromatic carbocycles. The number of anilines is 1. The maximum atomic E-state index is 6.50. The van der Waals surface area contributed by atoms with Crippen molar-refractivity contribution in [1.29, 1.82) is 0 Å². The number of thiophene rings is 1.